The number of carbonyl (C=O) groups excluding carboxylic acids is 2. The summed E-state index contributed by atoms with van der Waals surface area (Å²) >= 11 is 0. The second kappa shape index (κ2) is 5.03. The normalized spacial score (nSPS) is 55.8. The Bertz CT molecular complexity index is 778. The Morgan fingerprint density at radius 1 is 1.46 bits per heavy atom. The standard InChI is InChI=1S/C19H22O6.Na/c1-9-7-17-8-18(9,24)5-3-10(17)19-6-4-11(20)16(2,15(23)25-19)13(19)12(17)14(21)22;/h4,6,10-13,20,24H,1,3,5,7-8H2,2H3,(H,21,22);/q;+1/p-1/t10-,11+,12-,13-,16-,17+,18+,19-;/m1./s1. The summed E-state index contributed by atoms with van der Waals surface area (Å²) in [5.41, 5.74) is -3.49. The molecular formula is C19H21NaO6. The molecule has 1 aliphatic heterocycles. The molecular weight excluding hydrogens is 347 g/mol. The monoisotopic (exact) mass is 368 g/mol. The molecule has 5 aliphatic rings. The number of hydrogen-bond acceptors (Lipinski definition) is 6. The van der Waals surface area contributed by atoms with Crippen molar-refractivity contribution in [1.82, 2.24) is 0 Å². The van der Waals surface area contributed by atoms with E-state index in [-0.39, 0.29) is 35.5 Å². The Balaban J connectivity index is 0.00000168. The zero-order chi connectivity index (χ0) is 18.0. The number of carbonyl (C=O) groups is 2. The number of esters is 1. The average molecular weight is 368 g/mol. The van der Waals surface area contributed by atoms with Crippen molar-refractivity contribution < 1.29 is 59.2 Å². The Morgan fingerprint density at radius 2 is 2.15 bits per heavy atom. The minimum absolute atomic E-state index is 0. The molecule has 3 saturated carbocycles. The molecule has 4 bridgehead atoms. The van der Waals surface area contributed by atoms with Gasteiger partial charge in [-0.15, -0.1) is 0 Å². The molecule has 1 saturated heterocycles. The number of carboxylic acids is 1. The summed E-state index contributed by atoms with van der Waals surface area (Å²) in [7, 11) is 0. The van der Waals surface area contributed by atoms with Crippen molar-refractivity contribution in [3.63, 3.8) is 0 Å². The molecule has 0 radical (unpaired) electrons. The largest absolute Gasteiger partial charge is 1.00 e. The van der Waals surface area contributed by atoms with E-state index in [2.05, 4.69) is 6.58 Å². The minimum atomic E-state index is -1.31. The molecule has 0 aromatic rings. The van der Waals surface area contributed by atoms with Gasteiger partial charge < -0.3 is 24.9 Å². The summed E-state index contributed by atoms with van der Waals surface area (Å²) in [5.74, 6) is -3.67. The molecule has 6 nitrogen and oxygen atoms in total. The van der Waals surface area contributed by atoms with E-state index in [4.69, 9.17) is 4.74 Å². The van der Waals surface area contributed by atoms with E-state index in [0.717, 1.165) is 0 Å². The summed E-state index contributed by atoms with van der Waals surface area (Å²) < 4.78 is 5.85. The van der Waals surface area contributed by atoms with E-state index in [9.17, 15) is 24.9 Å². The van der Waals surface area contributed by atoms with Crippen LogP contribution in [0.1, 0.15) is 32.6 Å². The summed E-state index contributed by atoms with van der Waals surface area (Å²) in [6, 6.07) is 0. The number of aliphatic hydroxyl groups excluding tert-OH is 1. The van der Waals surface area contributed by atoms with Gasteiger partial charge in [-0.2, -0.15) is 0 Å². The van der Waals surface area contributed by atoms with E-state index in [1.54, 1.807) is 19.1 Å². The van der Waals surface area contributed by atoms with Crippen LogP contribution in [-0.2, 0) is 14.3 Å². The third kappa shape index (κ3) is 1.68. The summed E-state index contributed by atoms with van der Waals surface area (Å²) in [6.45, 7) is 5.60. The number of rotatable bonds is 1. The van der Waals surface area contributed by atoms with Crippen LogP contribution in [0.2, 0.25) is 0 Å². The van der Waals surface area contributed by atoms with Crippen molar-refractivity contribution in [2.24, 2.45) is 28.6 Å². The van der Waals surface area contributed by atoms with Crippen LogP contribution in [0.3, 0.4) is 0 Å². The van der Waals surface area contributed by atoms with E-state index in [1.165, 1.54) is 0 Å². The predicted octanol–water partition coefficient (Wildman–Crippen LogP) is -3.30. The van der Waals surface area contributed by atoms with Gasteiger partial charge in [-0.3, -0.25) is 4.79 Å². The summed E-state index contributed by atoms with van der Waals surface area (Å²) in [5, 5.41) is 33.7. The van der Waals surface area contributed by atoms with Gasteiger partial charge in [-0.25, -0.2) is 0 Å². The first-order chi connectivity index (χ1) is 11.6. The van der Waals surface area contributed by atoms with Gasteiger partial charge in [-0.1, -0.05) is 12.7 Å². The third-order valence-electron chi connectivity index (χ3n) is 8.11. The quantitative estimate of drug-likeness (QED) is 0.285. The third-order valence-corrected chi connectivity index (χ3v) is 8.11. The van der Waals surface area contributed by atoms with Crippen molar-refractivity contribution in [3.8, 4) is 0 Å². The average Bonchev–Trinajstić information content (AvgIpc) is 2.95. The number of hydrogen-bond donors (Lipinski definition) is 2. The van der Waals surface area contributed by atoms with Crippen molar-refractivity contribution in [2.75, 3.05) is 0 Å². The molecule has 0 unspecified atom stereocenters. The molecule has 4 aliphatic carbocycles. The Labute approximate surface area is 173 Å². The predicted molar refractivity (Wildman–Crippen MR) is 82.5 cm³/mol. The molecule has 2 N–H and O–H groups in total. The maximum absolute atomic E-state index is 12.7. The first kappa shape index (κ1) is 18.7. The molecule has 8 atom stereocenters. The molecule has 4 fully saturated rings. The fourth-order valence-corrected chi connectivity index (χ4v) is 7.11. The van der Waals surface area contributed by atoms with Gasteiger partial charge >= 0.3 is 35.5 Å². The van der Waals surface area contributed by atoms with Gasteiger partial charge in [0.1, 0.15) is 11.0 Å². The van der Waals surface area contributed by atoms with Gasteiger partial charge in [0.2, 0.25) is 0 Å². The zero-order valence-electron chi connectivity index (χ0n) is 15.0. The molecule has 26 heavy (non-hydrogen) atoms. The number of aliphatic hydroxyl groups is 2. The number of carboxylic acid groups (broad SMARTS) is 1. The zero-order valence-corrected chi connectivity index (χ0v) is 17.0. The first-order valence-corrected chi connectivity index (χ1v) is 8.84. The van der Waals surface area contributed by atoms with Gasteiger partial charge in [0.05, 0.1) is 11.7 Å². The van der Waals surface area contributed by atoms with E-state index in [0.29, 0.717) is 31.3 Å². The number of fused-ring (bicyclic) bond motifs is 1. The summed E-state index contributed by atoms with van der Waals surface area (Å²) in [4.78, 5) is 24.9. The Hall–Kier alpha value is -0.660. The Kier molecular flexibility index (Phi) is 3.62. The van der Waals surface area contributed by atoms with Crippen LogP contribution in [0.25, 0.3) is 0 Å². The molecule has 5 rings (SSSR count). The van der Waals surface area contributed by atoms with Crippen LogP contribution in [0.4, 0.5) is 0 Å². The van der Waals surface area contributed by atoms with Crippen LogP contribution in [0.5, 0.6) is 0 Å². The van der Waals surface area contributed by atoms with Gasteiger partial charge in [0, 0.05) is 23.7 Å². The maximum Gasteiger partial charge on any atom is 1.00 e. The molecule has 0 aromatic heterocycles. The topological polar surface area (TPSA) is 107 Å². The van der Waals surface area contributed by atoms with Crippen LogP contribution in [-0.4, -0.2) is 39.5 Å². The van der Waals surface area contributed by atoms with E-state index < -0.39 is 51.9 Å². The molecule has 1 spiro atoms. The van der Waals surface area contributed by atoms with Crippen LogP contribution in [0, 0.1) is 28.6 Å². The first-order valence-electron chi connectivity index (χ1n) is 8.84. The van der Waals surface area contributed by atoms with E-state index >= 15 is 0 Å². The van der Waals surface area contributed by atoms with Crippen molar-refractivity contribution in [2.45, 2.75) is 49.9 Å². The van der Waals surface area contributed by atoms with Crippen molar-refractivity contribution in [1.29, 1.82) is 0 Å². The minimum Gasteiger partial charge on any atom is -0.550 e. The molecule has 0 amide bonds. The van der Waals surface area contributed by atoms with Crippen molar-refractivity contribution in [3.05, 3.63) is 24.3 Å². The van der Waals surface area contributed by atoms with Crippen LogP contribution >= 0.6 is 0 Å². The fourth-order valence-electron chi connectivity index (χ4n) is 7.11. The summed E-state index contributed by atoms with van der Waals surface area (Å²) in [6.07, 6.45) is 3.91. The van der Waals surface area contributed by atoms with Crippen LogP contribution < -0.4 is 34.7 Å². The number of ether oxygens (including phenoxy) is 1. The SMILES string of the molecule is C=C1C[C@]23C[C@@]1(O)CC[C@H]2[C@@]12C=C[C@H](O)[C@@](C)(C(=O)O1)[C@H]2[C@@H]3C(=O)[O-].[Na+]. The fraction of sp³-hybridized carbons (Fsp3) is 0.684. The second-order valence-corrected chi connectivity index (χ2v) is 8.92. The van der Waals surface area contributed by atoms with Gasteiger partial charge in [0.15, 0.2) is 0 Å². The molecule has 1 heterocycles. The molecule has 0 aromatic carbocycles. The number of aliphatic carboxylic acids is 1. The van der Waals surface area contributed by atoms with Crippen LogP contribution in [0.15, 0.2) is 24.3 Å². The smallest absolute Gasteiger partial charge is 0.550 e. The molecule has 7 heteroatoms. The van der Waals surface area contributed by atoms with Crippen molar-refractivity contribution >= 4 is 11.9 Å². The second-order valence-electron chi connectivity index (χ2n) is 8.92. The van der Waals surface area contributed by atoms with Gasteiger partial charge in [0.25, 0.3) is 0 Å². The van der Waals surface area contributed by atoms with Gasteiger partial charge in [-0.05, 0) is 49.7 Å². The Morgan fingerprint density at radius 3 is 2.81 bits per heavy atom. The molecule has 134 valence electrons. The maximum atomic E-state index is 12.7. The van der Waals surface area contributed by atoms with E-state index in [1.807, 2.05) is 0 Å².